The molecule has 0 atom stereocenters. The van der Waals surface area contributed by atoms with Gasteiger partial charge in [0.05, 0.1) is 7.11 Å². The molecule has 0 fully saturated rings. The lowest BCUT2D eigenvalue weighted by atomic mass is 10.2. The van der Waals surface area contributed by atoms with Crippen LogP contribution in [0.5, 0.6) is 17.2 Å². The minimum Gasteiger partial charge on any atom is -0.493 e. The van der Waals surface area contributed by atoms with Gasteiger partial charge in [-0.05, 0) is 36.4 Å². The van der Waals surface area contributed by atoms with E-state index in [1.54, 1.807) is 7.11 Å². The Balaban J connectivity index is 2.16. The molecule has 0 aliphatic rings. The Morgan fingerprint density at radius 3 is 2.50 bits per heavy atom. The molecule has 20 heavy (non-hydrogen) atoms. The lowest BCUT2D eigenvalue weighted by molar-refractivity contribution is 0.379. The number of methoxy groups -OCH3 is 1. The Kier molecular flexibility index (Phi) is 5.27. The molecule has 0 aliphatic carbocycles. The van der Waals surface area contributed by atoms with Gasteiger partial charge < -0.3 is 14.8 Å². The summed E-state index contributed by atoms with van der Waals surface area (Å²) >= 11 is 6.25. The molecule has 0 saturated heterocycles. The smallest absolute Gasteiger partial charge is 0.169 e. The molecule has 1 N–H and O–H groups in total. The predicted octanol–water partition coefficient (Wildman–Crippen LogP) is 4.25. The molecule has 2 rings (SSSR count). The molecule has 2 aromatic carbocycles. The van der Waals surface area contributed by atoms with Crippen molar-refractivity contribution < 1.29 is 9.47 Å². The van der Waals surface area contributed by atoms with Crippen LogP contribution in [0.2, 0.25) is 5.02 Å². The number of para-hydroxylation sites is 2. The maximum atomic E-state index is 6.25. The molecule has 0 radical (unpaired) electrons. The number of hydrogen-bond donors (Lipinski definition) is 1. The predicted molar refractivity (Wildman–Crippen MR) is 81.9 cm³/mol. The molecule has 0 saturated carbocycles. The van der Waals surface area contributed by atoms with E-state index in [0.717, 1.165) is 18.7 Å². The van der Waals surface area contributed by atoms with Gasteiger partial charge in [-0.15, -0.1) is 0 Å². The van der Waals surface area contributed by atoms with Crippen molar-refractivity contribution in [2.45, 2.75) is 13.5 Å². The fourth-order valence-corrected chi connectivity index (χ4v) is 2.06. The fraction of sp³-hybridized carbons (Fsp3) is 0.250. The molecule has 0 bridgehead atoms. The molecule has 106 valence electrons. The van der Waals surface area contributed by atoms with E-state index in [2.05, 4.69) is 12.2 Å². The van der Waals surface area contributed by atoms with Gasteiger partial charge in [0, 0.05) is 11.6 Å². The highest BCUT2D eigenvalue weighted by Gasteiger charge is 2.06. The van der Waals surface area contributed by atoms with Crippen LogP contribution in [0.25, 0.3) is 0 Å². The van der Waals surface area contributed by atoms with Gasteiger partial charge in [0.25, 0.3) is 0 Å². The van der Waals surface area contributed by atoms with Gasteiger partial charge in [0.1, 0.15) is 5.75 Å². The van der Waals surface area contributed by atoms with Gasteiger partial charge in [-0.25, -0.2) is 0 Å². The first kappa shape index (κ1) is 14.7. The number of benzene rings is 2. The van der Waals surface area contributed by atoms with Crippen LogP contribution >= 0.6 is 11.6 Å². The summed E-state index contributed by atoms with van der Waals surface area (Å²) in [6.45, 7) is 3.73. The van der Waals surface area contributed by atoms with Gasteiger partial charge in [-0.2, -0.15) is 0 Å². The normalized spacial score (nSPS) is 10.3. The van der Waals surface area contributed by atoms with Crippen molar-refractivity contribution in [3.8, 4) is 17.2 Å². The molecular weight excluding hydrogens is 274 g/mol. The summed E-state index contributed by atoms with van der Waals surface area (Å²) in [5, 5.41) is 3.94. The standard InChI is InChI=1S/C16H18ClNO2/c1-3-18-11-12-8-9-13(10-14(12)17)20-16-7-5-4-6-15(16)19-2/h4-10,18H,3,11H2,1-2H3. The summed E-state index contributed by atoms with van der Waals surface area (Å²) in [5.74, 6) is 2.06. The zero-order chi connectivity index (χ0) is 14.4. The Bertz CT molecular complexity index is 572. The van der Waals surface area contributed by atoms with E-state index in [0.29, 0.717) is 22.3 Å². The third kappa shape index (κ3) is 3.65. The fourth-order valence-electron chi connectivity index (χ4n) is 1.82. The second-order valence-electron chi connectivity index (χ2n) is 4.29. The zero-order valence-corrected chi connectivity index (χ0v) is 12.4. The summed E-state index contributed by atoms with van der Waals surface area (Å²) in [6, 6.07) is 13.2. The summed E-state index contributed by atoms with van der Waals surface area (Å²) in [6.07, 6.45) is 0. The van der Waals surface area contributed by atoms with Crippen LogP contribution in [0, 0.1) is 0 Å². The van der Waals surface area contributed by atoms with E-state index < -0.39 is 0 Å². The molecule has 0 amide bonds. The maximum absolute atomic E-state index is 6.25. The lowest BCUT2D eigenvalue weighted by Gasteiger charge is -2.11. The highest BCUT2D eigenvalue weighted by molar-refractivity contribution is 6.31. The van der Waals surface area contributed by atoms with Crippen molar-refractivity contribution >= 4 is 11.6 Å². The Hall–Kier alpha value is -1.71. The number of hydrogen-bond acceptors (Lipinski definition) is 3. The minimum absolute atomic E-state index is 0.672. The maximum Gasteiger partial charge on any atom is 0.169 e. The molecule has 0 spiro atoms. The van der Waals surface area contributed by atoms with Gasteiger partial charge in [-0.1, -0.05) is 36.7 Å². The van der Waals surface area contributed by atoms with Crippen molar-refractivity contribution in [2.24, 2.45) is 0 Å². The Morgan fingerprint density at radius 1 is 1.10 bits per heavy atom. The SMILES string of the molecule is CCNCc1ccc(Oc2ccccc2OC)cc1Cl. The average molecular weight is 292 g/mol. The molecule has 0 heterocycles. The molecule has 4 heteroatoms. The van der Waals surface area contributed by atoms with Crippen LogP contribution < -0.4 is 14.8 Å². The van der Waals surface area contributed by atoms with E-state index in [1.165, 1.54) is 0 Å². The third-order valence-corrected chi connectivity index (χ3v) is 3.24. The Morgan fingerprint density at radius 2 is 1.85 bits per heavy atom. The van der Waals surface area contributed by atoms with Crippen LogP contribution in [0.3, 0.4) is 0 Å². The number of rotatable bonds is 6. The molecule has 3 nitrogen and oxygen atoms in total. The topological polar surface area (TPSA) is 30.5 Å². The first-order chi connectivity index (χ1) is 9.74. The molecule has 2 aromatic rings. The summed E-state index contributed by atoms with van der Waals surface area (Å²) < 4.78 is 11.1. The lowest BCUT2D eigenvalue weighted by Crippen LogP contribution is -2.11. The summed E-state index contributed by atoms with van der Waals surface area (Å²) in [5.41, 5.74) is 1.06. The first-order valence-electron chi connectivity index (χ1n) is 6.54. The van der Waals surface area contributed by atoms with E-state index >= 15 is 0 Å². The number of nitrogens with one attached hydrogen (secondary N) is 1. The van der Waals surface area contributed by atoms with Crippen molar-refractivity contribution in [1.29, 1.82) is 0 Å². The van der Waals surface area contributed by atoms with Gasteiger partial charge in [0.15, 0.2) is 11.5 Å². The second kappa shape index (κ2) is 7.17. The first-order valence-corrected chi connectivity index (χ1v) is 6.92. The highest BCUT2D eigenvalue weighted by atomic mass is 35.5. The van der Waals surface area contributed by atoms with E-state index in [4.69, 9.17) is 21.1 Å². The quantitative estimate of drug-likeness (QED) is 0.863. The molecule has 0 aromatic heterocycles. The number of halogens is 1. The average Bonchev–Trinajstić information content (AvgIpc) is 2.47. The van der Waals surface area contributed by atoms with Gasteiger partial charge in [-0.3, -0.25) is 0 Å². The van der Waals surface area contributed by atoms with Crippen molar-refractivity contribution in [3.05, 3.63) is 53.1 Å². The van der Waals surface area contributed by atoms with Gasteiger partial charge >= 0.3 is 0 Å². The van der Waals surface area contributed by atoms with E-state index in [1.807, 2.05) is 42.5 Å². The van der Waals surface area contributed by atoms with Crippen LogP contribution in [0.4, 0.5) is 0 Å². The van der Waals surface area contributed by atoms with Gasteiger partial charge in [0.2, 0.25) is 0 Å². The van der Waals surface area contributed by atoms with Crippen LogP contribution in [0.15, 0.2) is 42.5 Å². The number of ether oxygens (including phenoxy) is 2. The zero-order valence-electron chi connectivity index (χ0n) is 11.7. The molecule has 0 unspecified atom stereocenters. The van der Waals surface area contributed by atoms with E-state index in [9.17, 15) is 0 Å². The second-order valence-corrected chi connectivity index (χ2v) is 4.69. The van der Waals surface area contributed by atoms with Crippen molar-refractivity contribution in [2.75, 3.05) is 13.7 Å². The summed E-state index contributed by atoms with van der Waals surface area (Å²) in [4.78, 5) is 0. The van der Waals surface area contributed by atoms with Crippen molar-refractivity contribution in [3.63, 3.8) is 0 Å². The summed E-state index contributed by atoms with van der Waals surface area (Å²) in [7, 11) is 1.62. The Labute approximate surface area is 124 Å². The molecule has 0 aliphatic heterocycles. The minimum atomic E-state index is 0.672. The third-order valence-electron chi connectivity index (χ3n) is 2.89. The monoisotopic (exact) mass is 291 g/mol. The van der Waals surface area contributed by atoms with E-state index in [-0.39, 0.29) is 0 Å². The van der Waals surface area contributed by atoms with Crippen LogP contribution in [-0.4, -0.2) is 13.7 Å². The molecular formula is C16H18ClNO2. The van der Waals surface area contributed by atoms with Crippen molar-refractivity contribution in [1.82, 2.24) is 5.32 Å². The van der Waals surface area contributed by atoms with Crippen LogP contribution in [0.1, 0.15) is 12.5 Å². The van der Waals surface area contributed by atoms with Crippen LogP contribution in [-0.2, 0) is 6.54 Å². The largest absolute Gasteiger partial charge is 0.493 e. The highest BCUT2D eigenvalue weighted by Crippen LogP contribution is 2.32.